The van der Waals surface area contributed by atoms with Crippen molar-refractivity contribution in [1.29, 1.82) is 0 Å². The van der Waals surface area contributed by atoms with Crippen LogP contribution in [-0.4, -0.2) is 36.4 Å². The van der Waals surface area contributed by atoms with Crippen LogP contribution < -0.4 is 15.4 Å². The molecular weight excluding hydrogens is 280 g/mol. The molecule has 1 fully saturated rings. The van der Waals surface area contributed by atoms with E-state index in [1.165, 1.54) is 5.56 Å². The SMILES string of the molecule is Cc1ccc(OCCCNC(=O)NC2CCCCC2O)cc1. The largest absolute Gasteiger partial charge is 0.494 e. The first-order chi connectivity index (χ1) is 10.6. The first-order valence-electron chi connectivity index (χ1n) is 8.07. The van der Waals surface area contributed by atoms with Crippen molar-refractivity contribution < 1.29 is 14.6 Å². The van der Waals surface area contributed by atoms with E-state index in [0.717, 1.165) is 37.9 Å². The Hall–Kier alpha value is -1.75. The highest BCUT2D eigenvalue weighted by Gasteiger charge is 2.24. The van der Waals surface area contributed by atoms with Crippen LogP contribution in [0.4, 0.5) is 4.79 Å². The number of hydrogen-bond donors (Lipinski definition) is 3. The van der Waals surface area contributed by atoms with Gasteiger partial charge in [-0.3, -0.25) is 0 Å². The Labute approximate surface area is 132 Å². The van der Waals surface area contributed by atoms with Gasteiger partial charge in [-0.05, 0) is 38.3 Å². The summed E-state index contributed by atoms with van der Waals surface area (Å²) in [7, 11) is 0. The zero-order chi connectivity index (χ0) is 15.8. The molecule has 22 heavy (non-hydrogen) atoms. The van der Waals surface area contributed by atoms with Crippen LogP contribution in [0.2, 0.25) is 0 Å². The molecule has 1 aromatic rings. The van der Waals surface area contributed by atoms with Gasteiger partial charge in [0.15, 0.2) is 0 Å². The summed E-state index contributed by atoms with van der Waals surface area (Å²) < 4.78 is 5.60. The first-order valence-corrected chi connectivity index (χ1v) is 8.07. The molecule has 0 saturated heterocycles. The Kier molecular flexibility index (Phi) is 6.52. The summed E-state index contributed by atoms with van der Waals surface area (Å²) in [5.41, 5.74) is 1.20. The van der Waals surface area contributed by atoms with E-state index >= 15 is 0 Å². The number of aliphatic hydroxyl groups is 1. The average Bonchev–Trinajstić information content (AvgIpc) is 2.51. The highest BCUT2D eigenvalue weighted by atomic mass is 16.5. The molecule has 3 N–H and O–H groups in total. The van der Waals surface area contributed by atoms with Crippen LogP contribution >= 0.6 is 0 Å². The molecule has 0 aliphatic heterocycles. The Balaban J connectivity index is 1.56. The zero-order valence-corrected chi connectivity index (χ0v) is 13.2. The summed E-state index contributed by atoms with van der Waals surface area (Å²) in [5, 5.41) is 15.5. The lowest BCUT2D eigenvalue weighted by Gasteiger charge is -2.28. The molecule has 0 heterocycles. The molecule has 2 atom stereocenters. The molecule has 122 valence electrons. The maximum Gasteiger partial charge on any atom is 0.315 e. The zero-order valence-electron chi connectivity index (χ0n) is 13.2. The normalized spacial score (nSPS) is 21.2. The van der Waals surface area contributed by atoms with Crippen LogP contribution in [0.25, 0.3) is 0 Å². The van der Waals surface area contributed by atoms with E-state index in [2.05, 4.69) is 10.6 Å². The lowest BCUT2D eigenvalue weighted by Crippen LogP contribution is -2.49. The molecule has 1 saturated carbocycles. The molecule has 2 amide bonds. The molecule has 0 radical (unpaired) electrons. The topological polar surface area (TPSA) is 70.6 Å². The fourth-order valence-electron chi connectivity index (χ4n) is 2.60. The van der Waals surface area contributed by atoms with E-state index in [-0.39, 0.29) is 12.1 Å². The molecular formula is C17H26N2O3. The minimum absolute atomic E-state index is 0.113. The van der Waals surface area contributed by atoms with E-state index in [1.54, 1.807) is 0 Å². The third-order valence-corrected chi connectivity index (χ3v) is 3.94. The fraction of sp³-hybridized carbons (Fsp3) is 0.588. The lowest BCUT2D eigenvalue weighted by atomic mass is 9.93. The second-order valence-corrected chi connectivity index (χ2v) is 5.87. The Morgan fingerprint density at radius 1 is 1.27 bits per heavy atom. The molecule has 5 nitrogen and oxygen atoms in total. The number of nitrogens with one attached hydrogen (secondary N) is 2. The van der Waals surface area contributed by atoms with Gasteiger partial charge in [-0.1, -0.05) is 30.5 Å². The van der Waals surface area contributed by atoms with Crippen molar-refractivity contribution in [2.75, 3.05) is 13.2 Å². The van der Waals surface area contributed by atoms with Crippen molar-refractivity contribution in [3.8, 4) is 5.75 Å². The van der Waals surface area contributed by atoms with Gasteiger partial charge in [-0.2, -0.15) is 0 Å². The number of hydrogen-bond acceptors (Lipinski definition) is 3. The van der Waals surface area contributed by atoms with E-state index in [4.69, 9.17) is 4.74 Å². The van der Waals surface area contributed by atoms with Gasteiger partial charge in [-0.25, -0.2) is 4.79 Å². The number of carbonyl (C=O) groups excluding carboxylic acids is 1. The fourth-order valence-corrected chi connectivity index (χ4v) is 2.60. The molecule has 1 aliphatic carbocycles. The number of aliphatic hydroxyl groups excluding tert-OH is 1. The predicted octanol–water partition coefficient (Wildman–Crippen LogP) is 2.37. The van der Waals surface area contributed by atoms with Crippen molar-refractivity contribution in [1.82, 2.24) is 10.6 Å². The number of ether oxygens (including phenoxy) is 1. The first kappa shape index (κ1) is 16.6. The second-order valence-electron chi connectivity index (χ2n) is 5.87. The van der Waals surface area contributed by atoms with Gasteiger partial charge in [0, 0.05) is 6.54 Å². The van der Waals surface area contributed by atoms with Crippen molar-refractivity contribution >= 4 is 6.03 Å². The van der Waals surface area contributed by atoms with E-state index in [1.807, 2.05) is 31.2 Å². The maximum atomic E-state index is 11.8. The van der Waals surface area contributed by atoms with Gasteiger partial charge in [0.05, 0.1) is 18.8 Å². The Morgan fingerprint density at radius 3 is 2.73 bits per heavy atom. The van der Waals surface area contributed by atoms with E-state index < -0.39 is 6.10 Å². The van der Waals surface area contributed by atoms with Crippen LogP contribution in [0.15, 0.2) is 24.3 Å². The molecule has 1 aliphatic rings. The molecule has 5 heteroatoms. The van der Waals surface area contributed by atoms with Crippen molar-refractivity contribution in [2.45, 2.75) is 51.2 Å². The van der Waals surface area contributed by atoms with Crippen LogP contribution in [0.3, 0.4) is 0 Å². The third kappa shape index (κ3) is 5.56. The number of urea groups is 1. The number of benzene rings is 1. The molecule has 2 unspecified atom stereocenters. The van der Waals surface area contributed by atoms with Crippen molar-refractivity contribution in [3.63, 3.8) is 0 Å². The van der Waals surface area contributed by atoms with Gasteiger partial charge in [0.1, 0.15) is 5.75 Å². The quantitative estimate of drug-likeness (QED) is 0.707. The maximum absolute atomic E-state index is 11.8. The number of amides is 2. The van der Waals surface area contributed by atoms with Crippen molar-refractivity contribution in [2.24, 2.45) is 0 Å². The van der Waals surface area contributed by atoms with Crippen LogP contribution in [-0.2, 0) is 0 Å². The molecule has 1 aromatic carbocycles. The van der Waals surface area contributed by atoms with Gasteiger partial charge >= 0.3 is 6.03 Å². The second kappa shape index (κ2) is 8.63. The minimum Gasteiger partial charge on any atom is -0.494 e. The van der Waals surface area contributed by atoms with Gasteiger partial charge in [0.2, 0.25) is 0 Å². The summed E-state index contributed by atoms with van der Waals surface area (Å²) in [6, 6.07) is 7.59. The highest BCUT2D eigenvalue weighted by Crippen LogP contribution is 2.18. The van der Waals surface area contributed by atoms with E-state index in [9.17, 15) is 9.90 Å². The number of carbonyl (C=O) groups is 1. The van der Waals surface area contributed by atoms with Gasteiger partial charge < -0.3 is 20.5 Å². The summed E-state index contributed by atoms with van der Waals surface area (Å²) in [6.45, 7) is 3.16. The lowest BCUT2D eigenvalue weighted by molar-refractivity contribution is 0.0943. The van der Waals surface area contributed by atoms with Crippen molar-refractivity contribution in [3.05, 3.63) is 29.8 Å². The van der Waals surface area contributed by atoms with Crippen LogP contribution in [0, 0.1) is 6.92 Å². The third-order valence-electron chi connectivity index (χ3n) is 3.94. The van der Waals surface area contributed by atoms with Gasteiger partial charge in [-0.15, -0.1) is 0 Å². The monoisotopic (exact) mass is 306 g/mol. The minimum atomic E-state index is -0.413. The van der Waals surface area contributed by atoms with Crippen LogP contribution in [0.1, 0.15) is 37.7 Å². The average molecular weight is 306 g/mol. The molecule has 0 spiro atoms. The summed E-state index contributed by atoms with van der Waals surface area (Å²) in [5.74, 6) is 0.848. The molecule has 0 aromatic heterocycles. The highest BCUT2D eigenvalue weighted by molar-refractivity contribution is 5.74. The Morgan fingerprint density at radius 2 is 2.00 bits per heavy atom. The van der Waals surface area contributed by atoms with Gasteiger partial charge in [0.25, 0.3) is 0 Å². The number of rotatable bonds is 6. The smallest absolute Gasteiger partial charge is 0.315 e. The summed E-state index contributed by atoms with van der Waals surface area (Å²) >= 11 is 0. The van der Waals surface area contributed by atoms with E-state index in [0.29, 0.717) is 13.2 Å². The molecule has 0 bridgehead atoms. The standard InChI is InChI=1S/C17H26N2O3/c1-13-7-9-14(10-8-13)22-12-4-11-18-17(21)19-15-5-2-3-6-16(15)20/h7-10,15-16,20H,2-6,11-12H2,1H3,(H2,18,19,21). The number of aryl methyl sites for hydroxylation is 1. The summed E-state index contributed by atoms with van der Waals surface area (Å²) in [6.07, 6.45) is 4.06. The molecule has 2 rings (SSSR count). The van der Waals surface area contributed by atoms with Crippen LogP contribution in [0.5, 0.6) is 5.75 Å². The predicted molar refractivity (Wildman–Crippen MR) is 86.1 cm³/mol. The Bertz CT molecular complexity index is 461. The summed E-state index contributed by atoms with van der Waals surface area (Å²) in [4.78, 5) is 11.8.